The Morgan fingerprint density at radius 1 is 1.00 bits per heavy atom. The third-order valence-corrected chi connectivity index (χ3v) is 3.95. The molecule has 16 heavy (non-hydrogen) atoms. The summed E-state index contributed by atoms with van der Waals surface area (Å²) in [4.78, 5) is 10.7. The molecule has 0 unspecified atom stereocenters. The van der Waals surface area contributed by atoms with Crippen LogP contribution in [0.25, 0.3) is 10.9 Å². The van der Waals surface area contributed by atoms with Gasteiger partial charge in [0.1, 0.15) is 0 Å². The summed E-state index contributed by atoms with van der Waals surface area (Å²) in [7, 11) is 0. The second-order valence-corrected chi connectivity index (χ2v) is 5.33. The number of anilines is 2. The molecule has 0 atom stereocenters. The topological polar surface area (TPSA) is 37.8 Å². The first kappa shape index (κ1) is 9.58. The normalized spacial score (nSPS) is 10.5. The van der Waals surface area contributed by atoms with Crippen LogP contribution in [0, 0.1) is 0 Å². The van der Waals surface area contributed by atoms with E-state index in [9.17, 15) is 0 Å². The van der Waals surface area contributed by atoms with Gasteiger partial charge in [-0.2, -0.15) is 0 Å². The molecule has 2 aromatic heterocycles. The molecule has 3 rings (SSSR count). The molecule has 0 fully saturated rings. The van der Waals surface area contributed by atoms with E-state index in [-0.39, 0.29) is 0 Å². The number of aromatic nitrogens is 2. The molecule has 0 saturated carbocycles. The van der Waals surface area contributed by atoms with Crippen LogP contribution in [0.5, 0.6) is 0 Å². The SMILES string of the molecule is c1c[se]c(Nc2ncnc3ccccc23)c1. The Bertz CT molecular complexity index is 599. The molecule has 0 spiro atoms. The number of hydrogen-bond donors (Lipinski definition) is 1. The molecule has 0 saturated heterocycles. The summed E-state index contributed by atoms with van der Waals surface area (Å²) in [5.74, 6) is 0.891. The maximum absolute atomic E-state index is 4.29. The van der Waals surface area contributed by atoms with Gasteiger partial charge in [-0.15, -0.1) is 0 Å². The zero-order chi connectivity index (χ0) is 10.8. The van der Waals surface area contributed by atoms with Crippen LogP contribution in [0.4, 0.5) is 10.4 Å². The van der Waals surface area contributed by atoms with Crippen LogP contribution in [0.15, 0.2) is 47.7 Å². The van der Waals surface area contributed by atoms with Gasteiger partial charge in [0.05, 0.1) is 0 Å². The van der Waals surface area contributed by atoms with Crippen molar-refractivity contribution in [1.29, 1.82) is 0 Å². The van der Waals surface area contributed by atoms with Gasteiger partial charge in [-0.3, -0.25) is 0 Å². The molecule has 0 radical (unpaired) electrons. The summed E-state index contributed by atoms with van der Waals surface area (Å²) in [6, 6.07) is 12.2. The first-order chi connectivity index (χ1) is 7.93. The average Bonchev–Trinajstić information content (AvgIpc) is 2.82. The van der Waals surface area contributed by atoms with Gasteiger partial charge in [0.15, 0.2) is 0 Å². The summed E-state index contributed by atoms with van der Waals surface area (Å²) >= 11 is 0.409. The second-order valence-electron chi connectivity index (χ2n) is 3.34. The number of benzene rings is 1. The van der Waals surface area contributed by atoms with Crippen molar-refractivity contribution in [3.05, 3.63) is 47.7 Å². The van der Waals surface area contributed by atoms with E-state index in [1.807, 2.05) is 24.3 Å². The molecular formula is C12H9N3Se. The van der Waals surface area contributed by atoms with Crippen LogP contribution < -0.4 is 5.32 Å². The molecular weight excluding hydrogens is 265 g/mol. The fraction of sp³-hybridized carbons (Fsp3) is 0. The fourth-order valence-corrected chi connectivity index (χ4v) is 2.86. The Kier molecular flexibility index (Phi) is 2.44. The molecule has 0 aliphatic rings. The first-order valence-electron chi connectivity index (χ1n) is 4.94. The third kappa shape index (κ3) is 1.73. The monoisotopic (exact) mass is 275 g/mol. The van der Waals surface area contributed by atoms with Crippen molar-refractivity contribution in [2.75, 3.05) is 5.32 Å². The molecule has 0 bridgehead atoms. The summed E-state index contributed by atoms with van der Waals surface area (Å²) in [6.45, 7) is 0. The summed E-state index contributed by atoms with van der Waals surface area (Å²) < 4.78 is 1.23. The van der Waals surface area contributed by atoms with Crippen molar-refractivity contribution in [2.24, 2.45) is 0 Å². The van der Waals surface area contributed by atoms with E-state index in [0.717, 1.165) is 16.7 Å². The van der Waals surface area contributed by atoms with Gasteiger partial charge in [0, 0.05) is 0 Å². The van der Waals surface area contributed by atoms with E-state index in [4.69, 9.17) is 0 Å². The van der Waals surface area contributed by atoms with Gasteiger partial charge in [0.25, 0.3) is 0 Å². The molecule has 3 aromatic rings. The van der Waals surface area contributed by atoms with E-state index >= 15 is 0 Å². The van der Waals surface area contributed by atoms with Crippen molar-refractivity contribution in [3.8, 4) is 0 Å². The van der Waals surface area contributed by atoms with Crippen LogP contribution in [0.1, 0.15) is 0 Å². The van der Waals surface area contributed by atoms with E-state index in [1.54, 1.807) is 6.33 Å². The Labute approximate surface area is 98.9 Å². The van der Waals surface area contributed by atoms with Crippen molar-refractivity contribution in [3.63, 3.8) is 0 Å². The molecule has 1 aromatic carbocycles. The van der Waals surface area contributed by atoms with Crippen molar-refractivity contribution >= 4 is 35.8 Å². The van der Waals surface area contributed by atoms with Gasteiger partial charge in [-0.1, -0.05) is 0 Å². The molecule has 78 valence electrons. The number of nitrogens with one attached hydrogen (secondary N) is 1. The van der Waals surface area contributed by atoms with Crippen LogP contribution >= 0.6 is 0 Å². The molecule has 1 N–H and O–H groups in total. The molecule has 4 heteroatoms. The number of hydrogen-bond acceptors (Lipinski definition) is 3. The Balaban J connectivity index is 2.10. The molecule has 3 nitrogen and oxygen atoms in total. The van der Waals surface area contributed by atoms with E-state index in [0.29, 0.717) is 14.5 Å². The molecule has 2 heterocycles. The van der Waals surface area contributed by atoms with Gasteiger partial charge in [-0.05, 0) is 0 Å². The summed E-state index contributed by atoms with van der Waals surface area (Å²) in [5, 5.41) is 4.42. The first-order valence-corrected chi connectivity index (χ1v) is 6.78. The van der Waals surface area contributed by atoms with Crippen LogP contribution in [-0.2, 0) is 0 Å². The number of fused-ring (bicyclic) bond motifs is 1. The van der Waals surface area contributed by atoms with Crippen molar-refractivity contribution < 1.29 is 0 Å². The Morgan fingerprint density at radius 3 is 2.81 bits per heavy atom. The average molecular weight is 274 g/mol. The Hall–Kier alpha value is -1.64. The minimum atomic E-state index is 0.409. The quantitative estimate of drug-likeness (QED) is 0.729. The van der Waals surface area contributed by atoms with E-state index in [1.165, 1.54) is 4.56 Å². The van der Waals surface area contributed by atoms with Gasteiger partial charge in [0.2, 0.25) is 0 Å². The fourth-order valence-electron chi connectivity index (χ4n) is 1.57. The minimum absolute atomic E-state index is 0.409. The predicted molar refractivity (Wildman–Crippen MR) is 66.2 cm³/mol. The molecule has 0 aliphatic heterocycles. The third-order valence-electron chi connectivity index (χ3n) is 2.31. The molecule has 0 amide bonds. The van der Waals surface area contributed by atoms with Crippen molar-refractivity contribution in [1.82, 2.24) is 9.97 Å². The van der Waals surface area contributed by atoms with Crippen LogP contribution in [0.2, 0.25) is 0 Å². The predicted octanol–water partition coefficient (Wildman–Crippen LogP) is 2.43. The standard InChI is InChI=1S/C12H9N3Se/c1-2-5-10-9(4-1)12(14-8-13-10)15-11-6-3-7-16-11/h1-8H,(H,13,14,15). The van der Waals surface area contributed by atoms with Gasteiger partial charge >= 0.3 is 98.7 Å². The van der Waals surface area contributed by atoms with E-state index in [2.05, 4.69) is 32.4 Å². The summed E-state index contributed by atoms with van der Waals surface area (Å²) in [5.41, 5.74) is 0.971. The van der Waals surface area contributed by atoms with Crippen LogP contribution in [0.3, 0.4) is 0 Å². The van der Waals surface area contributed by atoms with Gasteiger partial charge < -0.3 is 0 Å². The zero-order valence-corrected chi connectivity index (χ0v) is 10.1. The number of rotatable bonds is 2. The van der Waals surface area contributed by atoms with Crippen molar-refractivity contribution in [2.45, 2.75) is 0 Å². The summed E-state index contributed by atoms with van der Waals surface area (Å²) in [6.07, 6.45) is 1.60. The van der Waals surface area contributed by atoms with Gasteiger partial charge in [-0.25, -0.2) is 0 Å². The maximum atomic E-state index is 4.29. The number of para-hydroxylation sites is 1. The second kappa shape index (κ2) is 4.08. The van der Waals surface area contributed by atoms with Crippen LogP contribution in [-0.4, -0.2) is 24.5 Å². The number of nitrogens with zero attached hydrogens (tertiary/aromatic N) is 2. The van der Waals surface area contributed by atoms with E-state index < -0.39 is 0 Å². The Morgan fingerprint density at radius 2 is 1.94 bits per heavy atom. The molecule has 0 aliphatic carbocycles. The zero-order valence-electron chi connectivity index (χ0n) is 8.42.